The summed E-state index contributed by atoms with van der Waals surface area (Å²) < 4.78 is 0. The highest BCUT2D eigenvalue weighted by Crippen LogP contribution is 2.21. The van der Waals surface area contributed by atoms with Crippen LogP contribution < -0.4 is 5.73 Å². The Balaban J connectivity index is 2.45. The fourth-order valence-electron chi connectivity index (χ4n) is 1.94. The third-order valence-corrected chi connectivity index (χ3v) is 2.84. The van der Waals surface area contributed by atoms with Crippen LogP contribution in [0.5, 0.6) is 0 Å². The molecule has 1 unspecified atom stereocenters. The van der Waals surface area contributed by atoms with E-state index in [9.17, 15) is 5.11 Å². The van der Waals surface area contributed by atoms with E-state index in [0.717, 1.165) is 0 Å². The quantitative estimate of drug-likeness (QED) is 0.823. The Hall–Kier alpha value is -1.38. The molecule has 0 aliphatic heterocycles. The van der Waals surface area contributed by atoms with E-state index < -0.39 is 5.54 Å². The van der Waals surface area contributed by atoms with Gasteiger partial charge in [-0.05, 0) is 29.7 Å². The van der Waals surface area contributed by atoms with E-state index in [4.69, 9.17) is 5.73 Å². The van der Waals surface area contributed by atoms with E-state index in [1.54, 1.807) is 0 Å². The minimum Gasteiger partial charge on any atom is -0.394 e. The van der Waals surface area contributed by atoms with Crippen molar-refractivity contribution < 1.29 is 5.11 Å². The van der Waals surface area contributed by atoms with E-state index in [1.807, 2.05) is 25.1 Å². The monoisotopic (exact) mass is 215 g/mol. The average molecular weight is 215 g/mol. The summed E-state index contributed by atoms with van der Waals surface area (Å²) in [6.45, 7) is 1.87. The SMILES string of the molecule is CC(N)(CO)Cc1cccc2ccccc12. The fraction of sp³-hybridized carbons (Fsp3) is 0.286. The molecule has 0 radical (unpaired) electrons. The predicted octanol–water partition coefficient (Wildman–Crippen LogP) is 2.09. The van der Waals surface area contributed by atoms with Gasteiger partial charge in [-0.1, -0.05) is 42.5 Å². The number of rotatable bonds is 3. The van der Waals surface area contributed by atoms with Gasteiger partial charge in [0.05, 0.1) is 6.61 Å². The van der Waals surface area contributed by atoms with Crippen LogP contribution in [0.15, 0.2) is 42.5 Å². The van der Waals surface area contributed by atoms with Crippen molar-refractivity contribution >= 4 is 10.8 Å². The zero-order chi connectivity index (χ0) is 11.6. The van der Waals surface area contributed by atoms with Gasteiger partial charge in [0, 0.05) is 5.54 Å². The third kappa shape index (κ3) is 2.23. The molecule has 0 fully saturated rings. The molecule has 16 heavy (non-hydrogen) atoms. The lowest BCUT2D eigenvalue weighted by molar-refractivity contribution is 0.208. The van der Waals surface area contributed by atoms with Gasteiger partial charge in [-0.25, -0.2) is 0 Å². The minimum atomic E-state index is -0.551. The van der Waals surface area contributed by atoms with Crippen molar-refractivity contribution in [3.63, 3.8) is 0 Å². The highest BCUT2D eigenvalue weighted by molar-refractivity contribution is 5.85. The summed E-state index contributed by atoms with van der Waals surface area (Å²) in [5.74, 6) is 0. The van der Waals surface area contributed by atoms with Crippen molar-refractivity contribution in [3.8, 4) is 0 Å². The second kappa shape index (κ2) is 4.24. The maximum atomic E-state index is 9.20. The van der Waals surface area contributed by atoms with Gasteiger partial charge in [0.15, 0.2) is 0 Å². The van der Waals surface area contributed by atoms with E-state index >= 15 is 0 Å². The molecule has 2 heteroatoms. The zero-order valence-corrected chi connectivity index (χ0v) is 9.48. The second-order valence-electron chi connectivity index (χ2n) is 4.63. The van der Waals surface area contributed by atoms with Crippen molar-refractivity contribution in [2.45, 2.75) is 18.9 Å². The molecule has 0 aliphatic rings. The van der Waals surface area contributed by atoms with Crippen LogP contribution in [0.2, 0.25) is 0 Å². The maximum absolute atomic E-state index is 9.20. The van der Waals surface area contributed by atoms with Crippen molar-refractivity contribution in [3.05, 3.63) is 48.0 Å². The summed E-state index contributed by atoms with van der Waals surface area (Å²) in [5.41, 5.74) is 6.63. The lowest BCUT2D eigenvalue weighted by Crippen LogP contribution is -2.42. The molecule has 1 atom stereocenters. The van der Waals surface area contributed by atoms with Crippen LogP contribution in [0.4, 0.5) is 0 Å². The number of hydrogen-bond acceptors (Lipinski definition) is 2. The molecule has 3 N–H and O–H groups in total. The Bertz CT molecular complexity index is 486. The second-order valence-corrected chi connectivity index (χ2v) is 4.63. The normalized spacial score (nSPS) is 14.9. The molecule has 0 amide bonds. The molecule has 0 saturated heterocycles. The van der Waals surface area contributed by atoms with E-state index in [0.29, 0.717) is 6.42 Å². The molecule has 2 nitrogen and oxygen atoms in total. The van der Waals surface area contributed by atoms with Crippen molar-refractivity contribution in [2.24, 2.45) is 5.73 Å². The number of aliphatic hydroxyl groups is 1. The number of fused-ring (bicyclic) bond motifs is 1. The molecule has 0 aliphatic carbocycles. The van der Waals surface area contributed by atoms with Gasteiger partial charge in [-0.15, -0.1) is 0 Å². The first-order valence-corrected chi connectivity index (χ1v) is 5.49. The fourth-order valence-corrected chi connectivity index (χ4v) is 1.94. The van der Waals surface area contributed by atoms with Crippen molar-refractivity contribution in [1.82, 2.24) is 0 Å². The van der Waals surface area contributed by atoms with Crippen LogP contribution in [0.3, 0.4) is 0 Å². The highest BCUT2D eigenvalue weighted by Gasteiger charge is 2.18. The highest BCUT2D eigenvalue weighted by atomic mass is 16.3. The molecule has 0 saturated carbocycles. The van der Waals surface area contributed by atoms with Crippen molar-refractivity contribution in [2.75, 3.05) is 6.61 Å². The first kappa shape index (κ1) is 11.1. The molecule has 84 valence electrons. The molecule has 2 aromatic carbocycles. The number of hydrogen-bond donors (Lipinski definition) is 2. The smallest absolute Gasteiger partial charge is 0.0611 e. The molecule has 0 bridgehead atoms. The first-order chi connectivity index (χ1) is 7.62. The largest absolute Gasteiger partial charge is 0.394 e. The number of benzene rings is 2. The van der Waals surface area contributed by atoms with E-state index in [2.05, 4.69) is 24.3 Å². The minimum absolute atomic E-state index is 0.00375. The predicted molar refractivity (Wildman–Crippen MR) is 67.3 cm³/mol. The Morgan fingerprint density at radius 3 is 2.56 bits per heavy atom. The van der Waals surface area contributed by atoms with E-state index in [-0.39, 0.29) is 6.61 Å². The van der Waals surface area contributed by atoms with Crippen LogP contribution in [0.1, 0.15) is 12.5 Å². The summed E-state index contributed by atoms with van der Waals surface area (Å²) in [6.07, 6.45) is 0.685. The van der Waals surface area contributed by atoms with Gasteiger partial charge < -0.3 is 10.8 Å². The van der Waals surface area contributed by atoms with Crippen LogP contribution in [-0.2, 0) is 6.42 Å². The summed E-state index contributed by atoms with van der Waals surface area (Å²) >= 11 is 0. The van der Waals surface area contributed by atoms with Crippen LogP contribution in [0.25, 0.3) is 10.8 Å². The maximum Gasteiger partial charge on any atom is 0.0611 e. The van der Waals surface area contributed by atoms with Crippen LogP contribution in [-0.4, -0.2) is 17.3 Å². The molecule has 2 rings (SSSR count). The Labute approximate surface area is 95.7 Å². The zero-order valence-electron chi connectivity index (χ0n) is 9.48. The van der Waals surface area contributed by atoms with Gasteiger partial charge in [-0.3, -0.25) is 0 Å². The molecule has 0 spiro atoms. The Kier molecular flexibility index (Phi) is 2.95. The summed E-state index contributed by atoms with van der Waals surface area (Å²) in [4.78, 5) is 0. The standard InChI is InChI=1S/C14H17NO/c1-14(15,10-16)9-12-7-4-6-11-5-2-3-8-13(11)12/h2-8,16H,9-10,15H2,1H3. The Morgan fingerprint density at radius 2 is 1.81 bits per heavy atom. The molecular weight excluding hydrogens is 198 g/mol. The van der Waals surface area contributed by atoms with E-state index in [1.165, 1.54) is 16.3 Å². The van der Waals surface area contributed by atoms with Crippen molar-refractivity contribution in [1.29, 1.82) is 0 Å². The molecular formula is C14H17NO. The van der Waals surface area contributed by atoms with Gasteiger partial charge in [-0.2, -0.15) is 0 Å². The van der Waals surface area contributed by atoms with Gasteiger partial charge in [0.1, 0.15) is 0 Å². The lowest BCUT2D eigenvalue weighted by atomic mass is 9.91. The first-order valence-electron chi connectivity index (χ1n) is 5.49. The topological polar surface area (TPSA) is 46.2 Å². The molecule has 2 aromatic rings. The lowest BCUT2D eigenvalue weighted by Gasteiger charge is -2.22. The van der Waals surface area contributed by atoms with Gasteiger partial charge >= 0.3 is 0 Å². The molecule has 0 heterocycles. The van der Waals surface area contributed by atoms with Gasteiger partial charge in [0.2, 0.25) is 0 Å². The Morgan fingerprint density at radius 1 is 1.12 bits per heavy atom. The number of aliphatic hydroxyl groups excluding tert-OH is 1. The third-order valence-electron chi connectivity index (χ3n) is 2.84. The summed E-state index contributed by atoms with van der Waals surface area (Å²) in [5, 5.41) is 11.6. The number of nitrogens with two attached hydrogens (primary N) is 1. The van der Waals surface area contributed by atoms with Crippen LogP contribution >= 0.6 is 0 Å². The molecule has 0 aromatic heterocycles. The average Bonchev–Trinajstić information content (AvgIpc) is 2.29. The van der Waals surface area contributed by atoms with Crippen LogP contribution in [0, 0.1) is 0 Å². The summed E-state index contributed by atoms with van der Waals surface area (Å²) in [7, 11) is 0. The van der Waals surface area contributed by atoms with Gasteiger partial charge in [0.25, 0.3) is 0 Å². The summed E-state index contributed by atoms with van der Waals surface area (Å²) in [6, 6.07) is 14.4.